The molecule has 8 nitrogen and oxygen atoms in total. The lowest BCUT2D eigenvalue weighted by Gasteiger charge is -2.32. The highest BCUT2D eigenvalue weighted by Crippen LogP contribution is 2.35. The van der Waals surface area contributed by atoms with Crippen molar-refractivity contribution in [2.24, 2.45) is 0 Å². The summed E-state index contributed by atoms with van der Waals surface area (Å²) in [6.07, 6.45) is 0. The number of amides is 2. The van der Waals surface area contributed by atoms with Crippen LogP contribution in [0.3, 0.4) is 0 Å². The monoisotopic (exact) mass is 537 g/mol. The lowest BCUT2D eigenvalue weighted by Crippen LogP contribution is -2.45. The van der Waals surface area contributed by atoms with E-state index in [2.05, 4.69) is 15.6 Å². The van der Waals surface area contributed by atoms with Gasteiger partial charge in [0.15, 0.2) is 0 Å². The van der Waals surface area contributed by atoms with Crippen LogP contribution in [0.4, 0.5) is 10.1 Å². The molecule has 202 valence electrons. The van der Waals surface area contributed by atoms with Crippen LogP contribution in [0.2, 0.25) is 0 Å². The van der Waals surface area contributed by atoms with Crippen molar-refractivity contribution >= 4 is 28.5 Å². The molecule has 0 radical (unpaired) electrons. The summed E-state index contributed by atoms with van der Waals surface area (Å²) >= 11 is 0. The highest BCUT2D eigenvalue weighted by Gasteiger charge is 2.36. The topological polar surface area (TPSA) is 89.4 Å². The lowest BCUT2D eigenvalue weighted by atomic mass is 10.0. The molecule has 0 saturated heterocycles. The maximum Gasteiger partial charge on any atom is 0.249 e. The van der Waals surface area contributed by atoms with Gasteiger partial charge in [-0.05, 0) is 42.8 Å². The van der Waals surface area contributed by atoms with Crippen LogP contribution in [0.1, 0.15) is 24.1 Å². The number of hydrogen-bond acceptors (Lipinski definition) is 5. The van der Waals surface area contributed by atoms with Crippen molar-refractivity contribution in [2.75, 3.05) is 11.5 Å². The summed E-state index contributed by atoms with van der Waals surface area (Å²) in [5, 5.41) is 11.2. The van der Waals surface area contributed by atoms with Crippen LogP contribution in [0.25, 0.3) is 11.0 Å². The Morgan fingerprint density at radius 1 is 0.925 bits per heavy atom. The molecule has 0 aliphatic carbocycles. The van der Waals surface area contributed by atoms with E-state index in [9.17, 15) is 9.59 Å². The van der Waals surface area contributed by atoms with Crippen LogP contribution in [0.5, 0.6) is 5.75 Å². The maximum atomic E-state index is 15.4. The Hall–Kier alpha value is -5.05. The number of ether oxygens (including phenoxy) is 1. The first-order chi connectivity index (χ1) is 19.6. The minimum absolute atomic E-state index is 0.0388. The van der Waals surface area contributed by atoms with Crippen molar-refractivity contribution < 1.29 is 18.7 Å². The predicted octanol–water partition coefficient (Wildman–Crippen LogP) is 5.06. The van der Waals surface area contributed by atoms with Crippen LogP contribution in [-0.4, -0.2) is 33.4 Å². The quantitative estimate of drug-likeness (QED) is 0.269. The van der Waals surface area contributed by atoms with E-state index in [0.717, 1.165) is 5.56 Å². The SMILES string of the molecule is CCOc1ccccc1[C@@H](C(=O)NCc1ccccc1)N(C(=O)Cn1nnc2ccccc21)c1ccccc1F. The molecule has 0 aliphatic rings. The molecule has 2 amide bonds. The molecule has 1 aromatic heterocycles. The molecule has 1 atom stereocenters. The highest BCUT2D eigenvalue weighted by molar-refractivity contribution is 6.02. The zero-order valence-corrected chi connectivity index (χ0v) is 21.9. The zero-order valence-electron chi connectivity index (χ0n) is 21.9. The van der Waals surface area contributed by atoms with E-state index in [1.807, 2.05) is 49.4 Å². The van der Waals surface area contributed by atoms with Gasteiger partial charge < -0.3 is 10.1 Å². The molecular formula is C31H28FN5O3. The van der Waals surface area contributed by atoms with Crippen LogP contribution in [0.15, 0.2) is 103 Å². The summed E-state index contributed by atoms with van der Waals surface area (Å²) in [7, 11) is 0. The number of benzene rings is 4. The van der Waals surface area contributed by atoms with Gasteiger partial charge in [0, 0.05) is 12.1 Å². The average Bonchev–Trinajstić information content (AvgIpc) is 3.39. The fraction of sp³-hybridized carbons (Fsp3) is 0.161. The molecule has 5 rings (SSSR count). The number of rotatable bonds is 10. The van der Waals surface area contributed by atoms with Gasteiger partial charge in [0.2, 0.25) is 11.8 Å². The number of nitrogens with zero attached hydrogens (tertiary/aromatic N) is 4. The number of halogens is 1. The summed E-state index contributed by atoms with van der Waals surface area (Å²) in [6.45, 7) is 2.12. The van der Waals surface area contributed by atoms with E-state index in [1.165, 1.54) is 27.8 Å². The molecule has 0 unspecified atom stereocenters. The number of fused-ring (bicyclic) bond motifs is 1. The number of nitrogens with one attached hydrogen (secondary N) is 1. The van der Waals surface area contributed by atoms with E-state index >= 15 is 4.39 Å². The fourth-order valence-corrected chi connectivity index (χ4v) is 4.58. The van der Waals surface area contributed by atoms with E-state index in [0.29, 0.717) is 29.0 Å². The first kappa shape index (κ1) is 26.6. The number of hydrogen-bond donors (Lipinski definition) is 1. The Morgan fingerprint density at radius 2 is 1.62 bits per heavy atom. The van der Waals surface area contributed by atoms with E-state index in [1.54, 1.807) is 42.5 Å². The molecule has 1 N–H and O–H groups in total. The van der Waals surface area contributed by atoms with Gasteiger partial charge in [0.1, 0.15) is 29.7 Å². The second kappa shape index (κ2) is 12.2. The van der Waals surface area contributed by atoms with Crippen molar-refractivity contribution in [1.29, 1.82) is 0 Å². The smallest absolute Gasteiger partial charge is 0.249 e. The number of carbonyl (C=O) groups is 2. The third kappa shape index (κ3) is 5.68. The van der Waals surface area contributed by atoms with E-state index in [-0.39, 0.29) is 18.8 Å². The summed E-state index contributed by atoms with van der Waals surface area (Å²) in [5.74, 6) is -1.26. The van der Waals surface area contributed by atoms with Gasteiger partial charge in [-0.2, -0.15) is 0 Å². The Morgan fingerprint density at radius 3 is 2.42 bits per heavy atom. The van der Waals surface area contributed by atoms with Gasteiger partial charge in [-0.1, -0.05) is 78.0 Å². The largest absolute Gasteiger partial charge is 0.493 e. The first-order valence-corrected chi connectivity index (χ1v) is 12.9. The predicted molar refractivity (Wildman–Crippen MR) is 150 cm³/mol. The molecule has 0 spiro atoms. The summed E-state index contributed by atoms with van der Waals surface area (Å²) in [5.41, 5.74) is 2.53. The average molecular weight is 538 g/mol. The standard InChI is InChI=1S/C31H28FN5O3/c1-2-40-28-19-11-6-14-23(28)30(31(39)33-20-22-12-4-3-5-13-22)37(26-17-9-7-15-24(26)32)29(38)21-36-27-18-10-8-16-25(27)34-35-36/h3-19,30H,2,20-21H2,1H3,(H,33,39)/t30-/m0/s1. The van der Waals surface area contributed by atoms with Gasteiger partial charge in [0.25, 0.3) is 0 Å². The molecule has 0 bridgehead atoms. The Bertz CT molecular complexity index is 1620. The van der Waals surface area contributed by atoms with Gasteiger partial charge in [-0.3, -0.25) is 14.5 Å². The number of anilines is 1. The van der Waals surface area contributed by atoms with Crippen LogP contribution < -0.4 is 15.0 Å². The van der Waals surface area contributed by atoms with Crippen molar-refractivity contribution in [3.8, 4) is 5.75 Å². The second-order valence-corrected chi connectivity index (χ2v) is 9.03. The van der Waals surface area contributed by atoms with Crippen molar-refractivity contribution in [3.05, 3.63) is 120 Å². The Balaban J connectivity index is 1.60. The molecule has 9 heteroatoms. The maximum absolute atomic E-state index is 15.4. The van der Waals surface area contributed by atoms with Gasteiger partial charge >= 0.3 is 0 Å². The van der Waals surface area contributed by atoms with Crippen LogP contribution in [0, 0.1) is 5.82 Å². The van der Waals surface area contributed by atoms with Crippen LogP contribution in [-0.2, 0) is 22.7 Å². The van der Waals surface area contributed by atoms with Gasteiger partial charge in [0.05, 0.1) is 17.8 Å². The molecule has 4 aromatic carbocycles. The van der Waals surface area contributed by atoms with Gasteiger partial charge in [-0.25, -0.2) is 9.07 Å². The minimum atomic E-state index is -1.24. The Labute approximate surface area is 231 Å². The normalized spacial score (nSPS) is 11.7. The zero-order chi connectivity index (χ0) is 27.9. The minimum Gasteiger partial charge on any atom is -0.493 e. The van der Waals surface area contributed by atoms with Crippen LogP contribution >= 0.6 is 0 Å². The molecule has 5 aromatic rings. The molecule has 40 heavy (non-hydrogen) atoms. The molecule has 0 saturated carbocycles. The molecular weight excluding hydrogens is 509 g/mol. The van der Waals surface area contributed by atoms with Crippen molar-refractivity contribution in [3.63, 3.8) is 0 Å². The summed E-state index contributed by atoms with van der Waals surface area (Å²) in [4.78, 5) is 29.3. The molecule has 0 aliphatic heterocycles. The van der Waals surface area contributed by atoms with E-state index < -0.39 is 23.7 Å². The fourth-order valence-electron chi connectivity index (χ4n) is 4.58. The number of para-hydroxylation sites is 3. The highest BCUT2D eigenvalue weighted by atomic mass is 19.1. The summed E-state index contributed by atoms with van der Waals surface area (Å²) < 4.78 is 22.7. The third-order valence-electron chi connectivity index (χ3n) is 6.42. The third-order valence-corrected chi connectivity index (χ3v) is 6.42. The van der Waals surface area contributed by atoms with Crippen molar-refractivity contribution in [2.45, 2.75) is 26.1 Å². The summed E-state index contributed by atoms with van der Waals surface area (Å²) in [6, 6.07) is 28.3. The van der Waals surface area contributed by atoms with E-state index in [4.69, 9.17) is 4.74 Å². The number of aromatic nitrogens is 3. The first-order valence-electron chi connectivity index (χ1n) is 12.9. The molecule has 1 heterocycles. The van der Waals surface area contributed by atoms with Gasteiger partial charge in [-0.15, -0.1) is 5.10 Å². The molecule has 0 fully saturated rings. The lowest BCUT2D eigenvalue weighted by molar-refractivity contribution is -0.127. The number of carbonyl (C=O) groups excluding carboxylic acids is 2. The van der Waals surface area contributed by atoms with Crippen molar-refractivity contribution in [1.82, 2.24) is 20.3 Å². The Kier molecular flexibility index (Phi) is 8.10. The second-order valence-electron chi connectivity index (χ2n) is 9.03.